The van der Waals surface area contributed by atoms with Crippen LogP contribution >= 0.6 is 24.0 Å². The van der Waals surface area contributed by atoms with Crippen LogP contribution in [0.4, 0.5) is 0 Å². The summed E-state index contributed by atoms with van der Waals surface area (Å²) >= 11 is 0. The van der Waals surface area contributed by atoms with E-state index in [-0.39, 0.29) is 29.9 Å². The summed E-state index contributed by atoms with van der Waals surface area (Å²) in [5.74, 6) is 1.89. The SMILES string of the molecule is CCNC(=NCCCn1c(C)nc2ccccc21)NCCC(=O)N(C)C.I. The second-order valence-electron chi connectivity index (χ2n) is 6.38. The molecule has 0 aliphatic heterocycles. The Bertz CT molecular complexity index is 756. The minimum Gasteiger partial charge on any atom is -0.357 e. The van der Waals surface area contributed by atoms with Gasteiger partial charge in [-0.15, -0.1) is 24.0 Å². The number of amides is 1. The number of nitrogens with zero attached hydrogens (tertiary/aromatic N) is 4. The van der Waals surface area contributed by atoms with E-state index >= 15 is 0 Å². The molecule has 0 bridgehead atoms. The lowest BCUT2D eigenvalue weighted by molar-refractivity contribution is -0.128. The topological polar surface area (TPSA) is 74.5 Å². The van der Waals surface area contributed by atoms with Gasteiger partial charge in [-0.25, -0.2) is 4.98 Å². The summed E-state index contributed by atoms with van der Waals surface area (Å²) in [5.41, 5.74) is 2.20. The first-order chi connectivity index (χ1) is 12.5. The molecule has 0 aliphatic rings. The van der Waals surface area contributed by atoms with E-state index in [2.05, 4.69) is 31.2 Å². The Morgan fingerprint density at radius 2 is 2.00 bits per heavy atom. The van der Waals surface area contributed by atoms with Crippen molar-refractivity contribution in [3.8, 4) is 0 Å². The molecule has 0 fully saturated rings. The number of rotatable bonds is 8. The number of halogens is 1. The zero-order valence-electron chi connectivity index (χ0n) is 16.7. The standard InChI is InChI=1S/C19H30N6O.HI/c1-5-20-19(22-13-11-18(26)24(3)4)21-12-8-14-25-15(2)23-16-9-6-7-10-17(16)25;/h6-7,9-10H,5,8,11-14H2,1-4H3,(H2,20,21,22);1H. The molecule has 150 valence electrons. The Morgan fingerprint density at radius 1 is 1.26 bits per heavy atom. The Balaban J connectivity index is 0.00000364. The van der Waals surface area contributed by atoms with Crippen molar-refractivity contribution in [2.45, 2.75) is 33.2 Å². The van der Waals surface area contributed by atoms with Crippen molar-refractivity contribution in [1.82, 2.24) is 25.1 Å². The van der Waals surface area contributed by atoms with Crippen LogP contribution in [-0.4, -0.2) is 60.0 Å². The molecule has 0 spiro atoms. The van der Waals surface area contributed by atoms with Gasteiger partial charge in [-0.2, -0.15) is 0 Å². The number of hydrogen-bond acceptors (Lipinski definition) is 3. The van der Waals surface area contributed by atoms with E-state index in [4.69, 9.17) is 0 Å². The molecule has 1 aromatic heterocycles. The fourth-order valence-electron chi connectivity index (χ4n) is 2.75. The Labute approximate surface area is 178 Å². The van der Waals surface area contributed by atoms with Crippen LogP contribution in [-0.2, 0) is 11.3 Å². The highest BCUT2D eigenvalue weighted by molar-refractivity contribution is 14.0. The molecular formula is C19H31IN6O. The number of para-hydroxylation sites is 2. The van der Waals surface area contributed by atoms with Crippen molar-refractivity contribution in [3.63, 3.8) is 0 Å². The first-order valence-electron chi connectivity index (χ1n) is 9.17. The number of benzene rings is 1. The van der Waals surface area contributed by atoms with Gasteiger partial charge in [0.2, 0.25) is 5.91 Å². The number of imidazole rings is 1. The van der Waals surface area contributed by atoms with Crippen molar-refractivity contribution < 1.29 is 4.79 Å². The normalized spacial score (nSPS) is 11.2. The summed E-state index contributed by atoms with van der Waals surface area (Å²) in [6.45, 7) is 7.03. The molecule has 0 radical (unpaired) electrons. The maximum absolute atomic E-state index is 11.6. The molecule has 1 heterocycles. The van der Waals surface area contributed by atoms with Crippen molar-refractivity contribution in [2.24, 2.45) is 4.99 Å². The molecule has 1 aromatic carbocycles. The van der Waals surface area contributed by atoms with Crippen molar-refractivity contribution in [3.05, 3.63) is 30.1 Å². The number of carbonyl (C=O) groups excluding carboxylic acids is 1. The lowest BCUT2D eigenvalue weighted by atomic mass is 10.3. The van der Waals surface area contributed by atoms with Crippen LogP contribution in [0.25, 0.3) is 11.0 Å². The molecule has 2 rings (SSSR count). The zero-order chi connectivity index (χ0) is 18.9. The number of guanidine groups is 1. The molecule has 0 saturated heterocycles. The molecule has 0 unspecified atom stereocenters. The fraction of sp³-hybridized carbons (Fsp3) is 0.526. The van der Waals surface area contributed by atoms with E-state index in [1.54, 1.807) is 19.0 Å². The molecule has 2 N–H and O–H groups in total. The third-order valence-electron chi connectivity index (χ3n) is 4.13. The zero-order valence-corrected chi connectivity index (χ0v) is 19.0. The number of aryl methyl sites for hydroxylation is 2. The van der Waals surface area contributed by atoms with E-state index < -0.39 is 0 Å². The highest BCUT2D eigenvalue weighted by Gasteiger charge is 2.06. The maximum Gasteiger partial charge on any atom is 0.223 e. The maximum atomic E-state index is 11.6. The minimum absolute atomic E-state index is 0. The van der Waals surface area contributed by atoms with Crippen LogP contribution < -0.4 is 10.6 Å². The van der Waals surface area contributed by atoms with Gasteiger partial charge < -0.3 is 20.1 Å². The van der Waals surface area contributed by atoms with E-state index in [1.165, 1.54) is 5.52 Å². The van der Waals surface area contributed by atoms with Gasteiger partial charge >= 0.3 is 0 Å². The van der Waals surface area contributed by atoms with Crippen molar-refractivity contribution in [1.29, 1.82) is 0 Å². The van der Waals surface area contributed by atoms with E-state index in [9.17, 15) is 4.79 Å². The highest BCUT2D eigenvalue weighted by Crippen LogP contribution is 2.15. The first kappa shape index (κ1) is 23.2. The molecule has 8 heteroatoms. The summed E-state index contributed by atoms with van der Waals surface area (Å²) in [6, 6.07) is 8.20. The predicted octanol–water partition coefficient (Wildman–Crippen LogP) is 2.39. The van der Waals surface area contributed by atoms with Crippen LogP contribution in [0, 0.1) is 6.92 Å². The summed E-state index contributed by atoms with van der Waals surface area (Å²) in [5, 5.41) is 6.43. The first-order valence-corrected chi connectivity index (χ1v) is 9.17. The highest BCUT2D eigenvalue weighted by atomic mass is 127. The lowest BCUT2D eigenvalue weighted by Gasteiger charge is -2.13. The van der Waals surface area contributed by atoms with Gasteiger partial charge in [0.25, 0.3) is 0 Å². The number of aliphatic imine (C=N–C) groups is 1. The van der Waals surface area contributed by atoms with Crippen molar-refractivity contribution in [2.75, 3.05) is 33.7 Å². The number of nitrogens with one attached hydrogen (secondary N) is 2. The molecule has 0 saturated carbocycles. The molecular weight excluding hydrogens is 455 g/mol. The average molecular weight is 486 g/mol. The van der Waals surface area contributed by atoms with Gasteiger partial charge in [-0.05, 0) is 32.4 Å². The molecule has 7 nitrogen and oxygen atoms in total. The number of hydrogen-bond donors (Lipinski definition) is 2. The summed E-state index contributed by atoms with van der Waals surface area (Å²) in [4.78, 5) is 22.4. The van der Waals surface area contributed by atoms with Crippen LogP contribution in [0.15, 0.2) is 29.3 Å². The van der Waals surface area contributed by atoms with Crippen molar-refractivity contribution >= 4 is 46.9 Å². The van der Waals surface area contributed by atoms with E-state index in [0.29, 0.717) is 19.5 Å². The monoisotopic (exact) mass is 486 g/mol. The molecule has 2 aromatic rings. The third-order valence-corrected chi connectivity index (χ3v) is 4.13. The van der Waals surface area contributed by atoms with Crippen LogP contribution in [0.5, 0.6) is 0 Å². The number of carbonyl (C=O) groups is 1. The van der Waals surface area contributed by atoms with Gasteiger partial charge in [0.05, 0.1) is 11.0 Å². The average Bonchev–Trinajstić information content (AvgIpc) is 2.93. The molecule has 0 atom stereocenters. The van der Waals surface area contributed by atoms with Crippen LogP contribution in [0.1, 0.15) is 25.6 Å². The second kappa shape index (κ2) is 11.8. The second-order valence-corrected chi connectivity index (χ2v) is 6.38. The van der Waals surface area contributed by atoms with Gasteiger partial charge in [0.1, 0.15) is 5.82 Å². The number of aromatic nitrogens is 2. The molecule has 0 aliphatic carbocycles. The van der Waals surface area contributed by atoms with Crippen LogP contribution in [0.3, 0.4) is 0 Å². The molecule has 1 amide bonds. The quantitative estimate of drug-likeness (QED) is 0.260. The van der Waals surface area contributed by atoms with Gasteiger partial charge in [0.15, 0.2) is 5.96 Å². The predicted molar refractivity (Wildman–Crippen MR) is 122 cm³/mol. The lowest BCUT2D eigenvalue weighted by Crippen LogP contribution is -2.39. The smallest absolute Gasteiger partial charge is 0.223 e. The summed E-state index contributed by atoms with van der Waals surface area (Å²) < 4.78 is 2.24. The molecule has 27 heavy (non-hydrogen) atoms. The van der Waals surface area contributed by atoms with E-state index in [0.717, 1.165) is 36.8 Å². The number of fused-ring (bicyclic) bond motifs is 1. The van der Waals surface area contributed by atoms with Gasteiger partial charge in [0, 0.05) is 46.7 Å². The van der Waals surface area contributed by atoms with Gasteiger partial charge in [-0.3, -0.25) is 9.79 Å². The largest absolute Gasteiger partial charge is 0.357 e. The Kier molecular flexibility index (Phi) is 10.1. The van der Waals surface area contributed by atoms with E-state index in [1.807, 2.05) is 32.0 Å². The Morgan fingerprint density at radius 3 is 2.70 bits per heavy atom. The van der Waals surface area contributed by atoms with Crippen LogP contribution in [0.2, 0.25) is 0 Å². The minimum atomic E-state index is 0. The summed E-state index contributed by atoms with van der Waals surface area (Å²) in [7, 11) is 3.53. The fourth-order valence-corrected chi connectivity index (χ4v) is 2.75. The third kappa shape index (κ3) is 7.00. The van der Waals surface area contributed by atoms with Gasteiger partial charge in [-0.1, -0.05) is 12.1 Å². The summed E-state index contributed by atoms with van der Waals surface area (Å²) in [6.07, 6.45) is 1.38. The Hall–Kier alpha value is -1.84.